The van der Waals surface area contributed by atoms with Crippen LogP contribution in [0.2, 0.25) is 0 Å². The molecule has 0 amide bonds. The fraction of sp³-hybridized carbons (Fsp3) is 0.435. The number of hydrogen-bond acceptors (Lipinski definition) is 4. The zero-order valence-electron chi connectivity index (χ0n) is 17.4. The molecule has 1 aromatic carbocycles. The summed E-state index contributed by atoms with van der Waals surface area (Å²) in [7, 11) is -3.38. The molecule has 0 saturated carbocycles. The van der Waals surface area contributed by atoms with Crippen LogP contribution >= 0.6 is 11.8 Å². The summed E-state index contributed by atoms with van der Waals surface area (Å²) in [6.07, 6.45) is 9.46. The molecule has 30 heavy (non-hydrogen) atoms. The lowest BCUT2D eigenvalue weighted by atomic mass is 10.00. The molecule has 1 N–H and O–H groups in total. The van der Waals surface area contributed by atoms with Crippen LogP contribution in [0.5, 0.6) is 0 Å². The predicted octanol–water partition coefficient (Wildman–Crippen LogP) is 3.85. The lowest BCUT2D eigenvalue weighted by molar-refractivity contribution is 0.568. The summed E-state index contributed by atoms with van der Waals surface area (Å²) in [6, 6.07) is 10.1. The summed E-state index contributed by atoms with van der Waals surface area (Å²) in [6.45, 7) is 2.66. The highest BCUT2D eigenvalue weighted by atomic mass is 32.2. The maximum absolute atomic E-state index is 12.7. The van der Waals surface area contributed by atoms with Crippen LogP contribution in [-0.2, 0) is 35.2 Å². The molecule has 2 aliphatic rings. The molecule has 0 bridgehead atoms. The number of thioether (sulfide) groups is 1. The van der Waals surface area contributed by atoms with Crippen LogP contribution in [0, 0.1) is 0 Å². The number of sulfonamides is 1. The largest absolute Gasteiger partial charge is 0.265 e. The minimum absolute atomic E-state index is 0.0694. The second-order valence-corrected chi connectivity index (χ2v) is 10.9. The van der Waals surface area contributed by atoms with Gasteiger partial charge in [0.25, 0.3) is 0 Å². The van der Waals surface area contributed by atoms with Gasteiger partial charge in [-0.3, -0.25) is 4.68 Å². The second-order valence-electron chi connectivity index (χ2n) is 7.93. The Bertz CT molecular complexity index is 1040. The molecule has 1 aliphatic carbocycles. The second kappa shape index (κ2) is 9.54. The van der Waals surface area contributed by atoms with E-state index < -0.39 is 10.0 Å². The van der Waals surface area contributed by atoms with Crippen LogP contribution in [-0.4, -0.2) is 35.7 Å². The van der Waals surface area contributed by atoms with Crippen molar-refractivity contribution in [1.29, 1.82) is 0 Å². The van der Waals surface area contributed by atoms with Gasteiger partial charge in [-0.05, 0) is 37.5 Å². The maximum atomic E-state index is 12.7. The molecule has 0 spiro atoms. The van der Waals surface area contributed by atoms with Crippen molar-refractivity contribution in [1.82, 2.24) is 14.5 Å². The van der Waals surface area contributed by atoms with Crippen molar-refractivity contribution >= 4 is 21.8 Å². The Morgan fingerprint density at radius 1 is 1.23 bits per heavy atom. The molecular weight excluding hydrogens is 414 g/mol. The molecule has 0 saturated heterocycles. The number of hydrogen-bond donors (Lipinski definition) is 1. The third-order valence-electron chi connectivity index (χ3n) is 5.72. The monoisotopic (exact) mass is 443 g/mol. The standard InChI is InChI=1S/C23H29N3O2S2/c1-18(20-10-6-3-7-11-20)25-30(27,28)15-13-22-21-17-29-14-12-23(21)26(24-22)16-19-8-4-2-5-9-19/h2-6,8-10,18,25H,7,11-17H2,1H3/t18-/m1/s1. The SMILES string of the molecule is C[C@@H](NS(=O)(=O)CCc1nn(Cc2ccccc2)c2c1CSCC2)C1=CC=CCC1. The lowest BCUT2D eigenvalue weighted by Gasteiger charge is -2.19. The molecule has 0 fully saturated rings. The van der Waals surface area contributed by atoms with Crippen molar-refractivity contribution in [3.8, 4) is 0 Å². The van der Waals surface area contributed by atoms with Gasteiger partial charge in [0.05, 0.1) is 18.0 Å². The minimum Gasteiger partial charge on any atom is -0.265 e. The first-order valence-corrected chi connectivity index (χ1v) is 13.4. The fourth-order valence-corrected chi connectivity index (χ4v) is 6.37. The van der Waals surface area contributed by atoms with E-state index in [1.54, 1.807) is 0 Å². The zero-order chi connectivity index (χ0) is 21.0. The van der Waals surface area contributed by atoms with Gasteiger partial charge in [0, 0.05) is 29.5 Å². The van der Waals surface area contributed by atoms with Crippen molar-refractivity contribution in [3.63, 3.8) is 0 Å². The molecule has 5 nitrogen and oxygen atoms in total. The molecule has 1 aromatic heterocycles. The number of aryl methyl sites for hydroxylation is 1. The summed E-state index contributed by atoms with van der Waals surface area (Å²) in [4.78, 5) is 0. The van der Waals surface area contributed by atoms with Gasteiger partial charge in [-0.25, -0.2) is 13.1 Å². The van der Waals surface area contributed by atoms with Gasteiger partial charge >= 0.3 is 0 Å². The average molecular weight is 444 g/mol. The number of nitrogens with zero attached hydrogens (tertiary/aromatic N) is 2. The van der Waals surface area contributed by atoms with Gasteiger partial charge in [-0.2, -0.15) is 16.9 Å². The number of fused-ring (bicyclic) bond motifs is 1. The van der Waals surface area contributed by atoms with Gasteiger partial charge in [-0.15, -0.1) is 0 Å². The van der Waals surface area contributed by atoms with Crippen molar-refractivity contribution in [2.45, 2.75) is 50.9 Å². The maximum Gasteiger partial charge on any atom is 0.212 e. The van der Waals surface area contributed by atoms with E-state index in [2.05, 4.69) is 27.6 Å². The Balaban J connectivity index is 1.46. The van der Waals surface area contributed by atoms with Crippen molar-refractivity contribution in [3.05, 3.63) is 76.6 Å². The van der Waals surface area contributed by atoms with E-state index in [0.29, 0.717) is 6.42 Å². The van der Waals surface area contributed by atoms with E-state index in [0.717, 1.165) is 48.6 Å². The summed E-state index contributed by atoms with van der Waals surface area (Å²) in [5, 5.41) is 4.85. The van der Waals surface area contributed by atoms with E-state index >= 15 is 0 Å². The highest BCUT2D eigenvalue weighted by molar-refractivity contribution is 7.98. The number of nitrogens with one attached hydrogen (secondary N) is 1. The Kier molecular flexibility index (Phi) is 6.80. The highest BCUT2D eigenvalue weighted by Gasteiger charge is 2.24. The van der Waals surface area contributed by atoms with Crippen LogP contribution in [0.25, 0.3) is 0 Å². The first-order chi connectivity index (χ1) is 14.5. The van der Waals surface area contributed by atoms with Gasteiger partial charge in [0.1, 0.15) is 0 Å². The molecule has 0 radical (unpaired) electrons. The molecule has 4 rings (SSSR count). The van der Waals surface area contributed by atoms with Crippen LogP contribution in [0.15, 0.2) is 54.1 Å². The Labute approximate surface area is 183 Å². The Morgan fingerprint density at radius 2 is 2.07 bits per heavy atom. The van der Waals surface area contributed by atoms with E-state index in [1.807, 2.05) is 49.0 Å². The summed E-state index contributed by atoms with van der Waals surface area (Å²) < 4.78 is 30.4. The average Bonchev–Trinajstić information content (AvgIpc) is 3.11. The van der Waals surface area contributed by atoms with Crippen molar-refractivity contribution < 1.29 is 8.42 Å². The van der Waals surface area contributed by atoms with Gasteiger partial charge in [0.15, 0.2) is 0 Å². The van der Waals surface area contributed by atoms with Crippen LogP contribution < -0.4 is 4.72 Å². The number of benzene rings is 1. The first kappa shape index (κ1) is 21.4. The van der Waals surface area contributed by atoms with E-state index in [9.17, 15) is 8.42 Å². The predicted molar refractivity (Wildman–Crippen MR) is 124 cm³/mol. The van der Waals surface area contributed by atoms with Crippen LogP contribution in [0.4, 0.5) is 0 Å². The molecule has 0 unspecified atom stereocenters. The van der Waals surface area contributed by atoms with Gasteiger partial charge < -0.3 is 0 Å². The Morgan fingerprint density at radius 3 is 2.83 bits per heavy atom. The molecule has 1 atom stereocenters. The summed E-state index contributed by atoms with van der Waals surface area (Å²) in [5.74, 6) is 2.08. The highest BCUT2D eigenvalue weighted by Crippen LogP contribution is 2.28. The Hall–Kier alpha value is -1.83. The fourth-order valence-electron chi connectivity index (χ4n) is 4.08. The normalized spacial score (nSPS) is 17.4. The van der Waals surface area contributed by atoms with Crippen molar-refractivity contribution in [2.24, 2.45) is 0 Å². The van der Waals surface area contributed by atoms with Crippen LogP contribution in [0.3, 0.4) is 0 Å². The lowest BCUT2D eigenvalue weighted by Crippen LogP contribution is -2.36. The topological polar surface area (TPSA) is 64.0 Å². The number of allylic oxidation sites excluding steroid dienone is 3. The van der Waals surface area contributed by atoms with Gasteiger partial charge in [-0.1, -0.05) is 54.1 Å². The van der Waals surface area contributed by atoms with Crippen LogP contribution in [0.1, 0.15) is 42.3 Å². The smallest absolute Gasteiger partial charge is 0.212 e. The number of rotatable bonds is 8. The summed E-state index contributed by atoms with van der Waals surface area (Å²) >= 11 is 1.90. The first-order valence-electron chi connectivity index (χ1n) is 10.6. The van der Waals surface area contributed by atoms with Crippen molar-refractivity contribution in [2.75, 3.05) is 11.5 Å². The quantitative estimate of drug-likeness (QED) is 0.673. The molecule has 2 heterocycles. The third-order valence-corrected chi connectivity index (χ3v) is 8.16. The molecule has 160 valence electrons. The molecule has 1 aliphatic heterocycles. The van der Waals surface area contributed by atoms with E-state index in [-0.39, 0.29) is 11.8 Å². The van der Waals surface area contributed by atoms with E-state index in [1.165, 1.54) is 16.8 Å². The number of aromatic nitrogens is 2. The van der Waals surface area contributed by atoms with Gasteiger partial charge in [0.2, 0.25) is 10.0 Å². The molecule has 2 aromatic rings. The third kappa shape index (κ3) is 5.25. The summed E-state index contributed by atoms with van der Waals surface area (Å²) in [5.41, 5.74) is 5.80. The molecular formula is C23H29N3O2S2. The van der Waals surface area contributed by atoms with E-state index in [4.69, 9.17) is 5.10 Å². The molecule has 7 heteroatoms. The zero-order valence-corrected chi connectivity index (χ0v) is 19.0. The minimum atomic E-state index is -3.38.